The van der Waals surface area contributed by atoms with Crippen molar-refractivity contribution < 1.29 is 22.4 Å². The molecule has 140 valence electrons. The molecule has 0 bridgehead atoms. The van der Waals surface area contributed by atoms with E-state index in [0.717, 1.165) is 17.2 Å². The number of rotatable bonds is 5. The Morgan fingerprint density at radius 2 is 2.11 bits per heavy atom. The highest BCUT2D eigenvalue weighted by Crippen LogP contribution is 2.24. The van der Waals surface area contributed by atoms with E-state index in [1.807, 2.05) is 30.3 Å². The van der Waals surface area contributed by atoms with E-state index < -0.39 is 10.0 Å². The maximum absolute atomic E-state index is 12.4. The topological polar surface area (TPSA) is 102 Å². The van der Waals surface area contributed by atoms with Gasteiger partial charge in [-0.1, -0.05) is 6.07 Å². The highest BCUT2D eigenvalue weighted by atomic mass is 32.2. The van der Waals surface area contributed by atoms with Crippen molar-refractivity contribution in [3.8, 4) is 5.75 Å². The van der Waals surface area contributed by atoms with Gasteiger partial charge in [0.05, 0.1) is 24.2 Å². The normalized spacial score (nSPS) is 14.9. The van der Waals surface area contributed by atoms with Gasteiger partial charge in [0, 0.05) is 23.7 Å². The van der Waals surface area contributed by atoms with Crippen LogP contribution in [0.4, 0.5) is 0 Å². The minimum Gasteiger partial charge on any atom is -0.487 e. The fraction of sp³-hybridized carbons (Fsp3) is 0.222. The van der Waals surface area contributed by atoms with Crippen molar-refractivity contribution in [2.45, 2.75) is 11.2 Å². The number of likely N-dealkylation sites (tertiary alicyclic amines) is 1. The summed E-state index contributed by atoms with van der Waals surface area (Å²) < 4.78 is 36.4. The molecule has 0 saturated carbocycles. The molecule has 1 aliphatic rings. The molecule has 8 nitrogen and oxygen atoms in total. The fourth-order valence-electron chi connectivity index (χ4n) is 2.84. The van der Waals surface area contributed by atoms with Crippen LogP contribution in [0.1, 0.15) is 10.4 Å². The molecule has 2 aromatic heterocycles. The van der Waals surface area contributed by atoms with E-state index in [4.69, 9.17) is 9.15 Å². The summed E-state index contributed by atoms with van der Waals surface area (Å²) in [6.45, 7) is 0.830. The molecule has 4 rings (SSSR count). The molecule has 0 spiro atoms. The fourth-order valence-corrected chi connectivity index (χ4v) is 3.50. The van der Waals surface area contributed by atoms with Crippen molar-refractivity contribution in [1.82, 2.24) is 14.6 Å². The van der Waals surface area contributed by atoms with Crippen molar-refractivity contribution in [2.75, 3.05) is 20.1 Å². The summed E-state index contributed by atoms with van der Waals surface area (Å²) in [6.07, 6.45) is 2.75. The van der Waals surface area contributed by atoms with E-state index in [2.05, 4.69) is 9.71 Å². The van der Waals surface area contributed by atoms with Gasteiger partial charge in [-0.3, -0.25) is 9.78 Å². The number of furan rings is 1. The number of nitrogens with zero attached hydrogens (tertiary/aromatic N) is 2. The summed E-state index contributed by atoms with van der Waals surface area (Å²) in [6, 6.07) is 10.8. The molecule has 3 aromatic rings. The molecule has 0 radical (unpaired) electrons. The zero-order chi connectivity index (χ0) is 19.0. The average Bonchev–Trinajstić information content (AvgIpc) is 3.15. The Morgan fingerprint density at radius 3 is 2.89 bits per heavy atom. The average molecular weight is 387 g/mol. The molecule has 1 aromatic carbocycles. The number of hydrogen-bond donors (Lipinski definition) is 1. The highest BCUT2D eigenvalue weighted by Gasteiger charge is 2.34. The maximum atomic E-state index is 12.4. The predicted molar refractivity (Wildman–Crippen MR) is 97.0 cm³/mol. The minimum absolute atomic E-state index is 0.123. The van der Waals surface area contributed by atoms with Crippen LogP contribution in [-0.2, 0) is 10.0 Å². The molecule has 0 unspecified atom stereocenters. The van der Waals surface area contributed by atoms with E-state index in [9.17, 15) is 13.2 Å². The summed E-state index contributed by atoms with van der Waals surface area (Å²) >= 11 is 0. The van der Waals surface area contributed by atoms with E-state index in [-0.39, 0.29) is 22.7 Å². The Morgan fingerprint density at radius 1 is 1.30 bits per heavy atom. The van der Waals surface area contributed by atoms with Crippen LogP contribution in [0, 0.1) is 0 Å². The van der Waals surface area contributed by atoms with Crippen LogP contribution < -0.4 is 9.46 Å². The highest BCUT2D eigenvalue weighted by molar-refractivity contribution is 7.89. The van der Waals surface area contributed by atoms with Crippen LogP contribution in [0.25, 0.3) is 10.9 Å². The Balaban J connectivity index is 1.38. The van der Waals surface area contributed by atoms with Crippen molar-refractivity contribution in [2.24, 2.45) is 0 Å². The lowest BCUT2D eigenvalue weighted by atomic mass is 10.1. The molecule has 0 atom stereocenters. The Labute approximate surface area is 155 Å². The summed E-state index contributed by atoms with van der Waals surface area (Å²) in [4.78, 5) is 18.3. The second-order valence-electron chi connectivity index (χ2n) is 6.17. The predicted octanol–water partition coefficient (Wildman–Crippen LogP) is 1.64. The number of carbonyl (C=O) groups excluding carboxylic acids is 1. The zero-order valence-corrected chi connectivity index (χ0v) is 15.3. The standard InChI is InChI=1S/C18H17N3O5S/c1-19-27(23,24)17-7-13(11-25-17)18(22)21-9-15(10-21)26-14-5-4-12-3-2-6-20-16(12)8-14/h2-8,11,15,19H,9-10H2,1H3. The van der Waals surface area contributed by atoms with E-state index >= 15 is 0 Å². The quantitative estimate of drug-likeness (QED) is 0.714. The number of carbonyl (C=O) groups is 1. The maximum Gasteiger partial charge on any atom is 0.273 e. The summed E-state index contributed by atoms with van der Waals surface area (Å²) in [5, 5.41) is 0.743. The van der Waals surface area contributed by atoms with Gasteiger partial charge in [-0.25, -0.2) is 13.1 Å². The van der Waals surface area contributed by atoms with E-state index in [1.165, 1.54) is 13.1 Å². The summed E-state index contributed by atoms with van der Waals surface area (Å²) in [7, 11) is -2.44. The van der Waals surface area contributed by atoms with Gasteiger partial charge in [-0.2, -0.15) is 0 Å². The number of pyridine rings is 1. The molecule has 1 N–H and O–H groups in total. The van der Waals surface area contributed by atoms with Crippen molar-refractivity contribution in [1.29, 1.82) is 0 Å². The first kappa shape index (κ1) is 17.5. The van der Waals surface area contributed by atoms with E-state index in [1.54, 1.807) is 11.1 Å². The number of fused-ring (bicyclic) bond motifs is 1. The van der Waals surface area contributed by atoms with Gasteiger partial charge in [0.1, 0.15) is 18.1 Å². The first-order chi connectivity index (χ1) is 13.0. The number of ether oxygens (including phenoxy) is 1. The number of aromatic nitrogens is 1. The van der Waals surface area contributed by atoms with Crippen LogP contribution >= 0.6 is 0 Å². The Hall–Kier alpha value is -2.91. The molecular formula is C18H17N3O5S. The molecule has 1 aliphatic heterocycles. The van der Waals surface area contributed by atoms with Crippen molar-refractivity contribution in [3.63, 3.8) is 0 Å². The summed E-state index contributed by atoms with van der Waals surface area (Å²) in [5.74, 6) is 0.403. The number of nitrogens with one attached hydrogen (secondary N) is 1. The lowest BCUT2D eigenvalue weighted by molar-refractivity contribution is 0.0178. The van der Waals surface area contributed by atoms with Gasteiger partial charge in [0.15, 0.2) is 0 Å². The number of hydrogen-bond acceptors (Lipinski definition) is 6. The van der Waals surface area contributed by atoms with Crippen molar-refractivity contribution >= 4 is 26.8 Å². The van der Waals surface area contributed by atoms with Gasteiger partial charge in [0.2, 0.25) is 5.09 Å². The summed E-state index contributed by atoms with van der Waals surface area (Å²) in [5.41, 5.74) is 1.04. The SMILES string of the molecule is CNS(=O)(=O)c1cc(C(=O)N2CC(Oc3ccc4cccnc4c3)C2)co1. The van der Waals surface area contributed by atoms with E-state index in [0.29, 0.717) is 18.8 Å². The van der Waals surface area contributed by atoms with Gasteiger partial charge < -0.3 is 14.1 Å². The molecule has 1 fully saturated rings. The third-order valence-electron chi connectivity index (χ3n) is 4.37. The van der Waals surface area contributed by atoms with Crippen LogP contribution in [0.15, 0.2) is 58.4 Å². The number of benzene rings is 1. The van der Waals surface area contributed by atoms with Gasteiger partial charge in [0.25, 0.3) is 15.9 Å². The second kappa shape index (κ2) is 6.67. The van der Waals surface area contributed by atoms with Gasteiger partial charge >= 0.3 is 0 Å². The molecule has 1 saturated heterocycles. The lowest BCUT2D eigenvalue weighted by Crippen LogP contribution is -2.56. The van der Waals surface area contributed by atoms with Gasteiger partial charge in [-0.05, 0) is 25.2 Å². The molecule has 9 heteroatoms. The molecule has 3 heterocycles. The molecule has 27 heavy (non-hydrogen) atoms. The number of amides is 1. The monoisotopic (exact) mass is 387 g/mol. The minimum atomic E-state index is -3.71. The zero-order valence-electron chi connectivity index (χ0n) is 14.5. The molecule has 0 aliphatic carbocycles. The number of sulfonamides is 1. The van der Waals surface area contributed by atoms with Crippen LogP contribution in [0.2, 0.25) is 0 Å². The van der Waals surface area contributed by atoms with Gasteiger partial charge in [-0.15, -0.1) is 0 Å². The smallest absolute Gasteiger partial charge is 0.273 e. The molecule has 1 amide bonds. The lowest BCUT2D eigenvalue weighted by Gasteiger charge is -2.38. The van der Waals surface area contributed by atoms with Crippen LogP contribution in [0.5, 0.6) is 5.75 Å². The largest absolute Gasteiger partial charge is 0.487 e. The molecular weight excluding hydrogens is 370 g/mol. The van der Waals surface area contributed by atoms with Crippen LogP contribution in [0.3, 0.4) is 0 Å². The third kappa shape index (κ3) is 3.38. The second-order valence-corrected chi connectivity index (χ2v) is 7.99. The Bertz CT molecular complexity index is 1100. The van der Waals surface area contributed by atoms with Crippen LogP contribution in [-0.4, -0.2) is 50.5 Å². The third-order valence-corrected chi connectivity index (χ3v) is 5.65. The first-order valence-electron chi connectivity index (χ1n) is 8.29. The first-order valence-corrected chi connectivity index (χ1v) is 9.77. The van der Waals surface area contributed by atoms with Crippen molar-refractivity contribution in [3.05, 3.63) is 54.4 Å². The Kier molecular flexibility index (Phi) is 4.33.